The quantitative estimate of drug-likeness (QED) is 0.857. The highest BCUT2D eigenvalue weighted by Gasteiger charge is 2.29. The van der Waals surface area contributed by atoms with E-state index in [1.807, 2.05) is 0 Å². The molecule has 3 rings (SSSR count). The van der Waals surface area contributed by atoms with Gasteiger partial charge in [0.1, 0.15) is 5.75 Å². The maximum absolute atomic E-state index is 6.61. The van der Waals surface area contributed by atoms with Gasteiger partial charge in [0.05, 0.1) is 6.61 Å². The molecule has 1 unspecified atom stereocenters. The summed E-state index contributed by atoms with van der Waals surface area (Å²) < 4.78 is 5.84. The lowest BCUT2D eigenvalue weighted by atomic mass is 9.75. The van der Waals surface area contributed by atoms with E-state index in [0.29, 0.717) is 5.92 Å². The van der Waals surface area contributed by atoms with E-state index in [-0.39, 0.29) is 6.04 Å². The van der Waals surface area contributed by atoms with Crippen LogP contribution in [0.3, 0.4) is 0 Å². The van der Waals surface area contributed by atoms with Crippen molar-refractivity contribution in [2.75, 3.05) is 6.61 Å². The molecule has 2 aliphatic rings. The van der Waals surface area contributed by atoms with Crippen molar-refractivity contribution >= 4 is 0 Å². The molecule has 0 radical (unpaired) electrons. The van der Waals surface area contributed by atoms with Gasteiger partial charge in [-0.2, -0.15) is 0 Å². The average Bonchev–Trinajstić information content (AvgIpc) is 3.01. The molecule has 1 aliphatic carbocycles. The van der Waals surface area contributed by atoms with Crippen LogP contribution in [0.5, 0.6) is 5.75 Å². The lowest BCUT2D eigenvalue weighted by molar-refractivity contribution is 0.230. The smallest absolute Gasteiger partial charge is 0.127 e. The Bertz CT molecular complexity index is 463. The Hall–Kier alpha value is -1.02. The Labute approximate surface area is 129 Å². The molecule has 2 nitrogen and oxygen atoms in total. The van der Waals surface area contributed by atoms with Crippen LogP contribution < -0.4 is 10.5 Å². The lowest BCUT2D eigenvalue weighted by Gasteiger charge is -2.32. The van der Waals surface area contributed by atoms with Crippen LogP contribution in [0.1, 0.15) is 69.0 Å². The van der Waals surface area contributed by atoms with E-state index in [1.165, 1.54) is 56.1 Å². The Morgan fingerprint density at radius 2 is 2.05 bits per heavy atom. The molecule has 2 heteroatoms. The zero-order valence-electron chi connectivity index (χ0n) is 13.3. The zero-order valence-corrected chi connectivity index (χ0v) is 13.3. The van der Waals surface area contributed by atoms with Crippen LogP contribution in [0, 0.1) is 11.8 Å². The largest absolute Gasteiger partial charge is 0.493 e. The fourth-order valence-corrected chi connectivity index (χ4v) is 4.09. The highest BCUT2D eigenvalue weighted by molar-refractivity contribution is 5.45. The predicted octanol–water partition coefficient (Wildman–Crippen LogP) is 4.62. The molecule has 2 N–H and O–H groups in total. The summed E-state index contributed by atoms with van der Waals surface area (Å²) in [4.78, 5) is 0. The van der Waals surface area contributed by atoms with Crippen molar-refractivity contribution < 1.29 is 4.74 Å². The first kappa shape index (κ1) is 14.9. The summed E-state index contributed by atoms with van der Waals surface area (Å²) in [5, 5.41) is 0. The van der Waals surface area contributed by atoms with Crippen LogP contribution in [-0.2, 0) is 6.42 Å². The molecule has 0 spiro atoms. The maximum atomic E-state index is 6.61. The number of benzene rings is 1. The monoisotopic (exact) mass is 287 g/mol. The zero-order chi connectivity index (χ0) is 14.7. The van der Waals surface area contributed by atoms with Gasteiger partial charge in [-0.3, -0.25) is 0 Å². The van der Waals surface area contributed by atoms with Crippen LogP contribution in [0.2, 0.25) is 0 Å². The average molecular weight is 287 g/mol. The third-order valence-electron chi connectivity index (χ3n) is 5.47. The van der Waals surface area contributed by atoms with Gasteiger partial charge in [-0.25, -0.2) is 0 Å². The third-order valence-corrected chi connectivity index (χ3v) is 5.47. The number of rotatable bonds is 5. The van der Waals surface area contributed by atoms with E-state index in [1.54, 1.807) is 0 Å². The number of hydrogen-bond acceptors (Lipinski definition) is 2. The molecule has 1 fully saturated rings. The first-order valence-electron chi connectivity index (χ1n) is 8.79. The van der Waals surface area contributed by atoms with Gasteiger partial charge in [-0.15, -0.1) is 0 Å². The van der Waals surface area contributed by atoms with Crippen molar-refractivity contribution in [1.29, 1.82) is 0 Å². The fraction of sp³-hybridized carbons (Fsp3) is 0.684. The van der Waals surface area contributed by atoms with Gasteiger partial charge in [0.25, 0.3) is 0 Å². The number of ether oxygens (including phenoxy) is 1. The predicted molar refractivity (Wildman–Crippen MR) is 87.5 cm³/mol. The molecule has 1 aromatic rings. The lowest BCUT2D eigenvalue weighted by Crippen LogP contribution is -2.26. The summed E-state index contributed by atoms with van der Waals surface area (Å²) in [5.74, 6) is 2.68. The molecule has 1 aliphatic heterocycles. The van der Waals surface area contributed by atoms with Gasteiger partial charge in [0.2, 0.25) is 0 Å². The molecule has 0 aromatic heterocycles. The molecular formula is C19H29NO. The van der Waals surface area contributed by atoms with Crippen molar-refractivity contribution in [3.8, 4) is 5.75 Å². The van der Waals surface area contributed by atoms with Crippen LogP contribution in [0.25, 0.3) is 0 Å². The summed E-state index contributed by atoms with van der Waals surface area (Å²) in [6.45, 7) is 3.11. The summed E-state index contributed by atoms with van der Waals surface area (Å²) in [5.41, 5.74) is 9.21. The van der Waals surface area contributed by atoms with E-state index in [4.69, 9.17) is 10.5 Å². The fourth-order valence-electron chi connectivity index (χ4n) is 4.09. The Kier molecular flexibility index (Phi) is 4.84. The molecule has 1 heterocycles. The Morgan fingerprint density at radius 1 is 1.24 bits per heavy atom. The number of unbranched alkanes of at least 4 members (excludes halogenated alkanes) is 1. The second-order valence-electron chi connectivity index (χ2n) is 6.88. The standard InChI is InChI=1S/C19H29NO/c1-2-3-5-14-8-10-15(11-9-14)18(20)17-7-4-6-16-12-13-21-19(16)17/h4,6-7,14-15,18H,2-3,5,8-13,20H2,1H3. The van der Waals surface area contributed by atoms with Crippen molar-refractivity contribution in [3.05, 3.63) is 29.3 Å². The van der Waals surface area contributed by atoms with Crippen molar-refractivity contribution in [1.82, 2.24) is 0 Å². The van der Waals surface area contributed by atoms with E-state index in [0.717, 1.165) is 24.7 Å². The van der Waals surface area contributed by atoms with Crippen molar-refractivity contribution in [2.45, 2.75) is 64.3 Å². The topological polar surface area (TPSA) is 35.2 Å². The number of fused-ring (bicyclic) bond motifs is 1. The SMILES string of the molecule is CCCCC1CCC(C(N)c2cccc3c2OCC3)CC1. The van der Waals surface area contributed by atoms with Crippen LogP contribution in [0.4, 0.5) is 0 Å². The number of nitrogens with two attached hydrogens (primary N) is 1. The van der Waals surface area contributed by atoms with E-state index >= 15 is 0 Å². The highest BCUT2D eigenvalue weighted by Crippen LogP contribution is 2.41. The minimum absolute atomic E-state index is 0.158. The first-order valence-corrected chi connectivity index (χ1v) is 8.79. The van der Waals surface area contributed by atoms with Crippen molar-refractivity contribution in [3.63, 3.8) is 0 Å². The first-order chi connectivity index (χ1) is 10.3. The molecule has 116 valence electrons. The minimum Gasteiger partial charge on any atom is -0.493 e. The van der Waals surface area contributed by atoms with Gasteiger partial charge in [-0.1, -0.05) is 57.2 Å². The van der Waals surface area contributed by atoms with E-state index in [9.17, 15) is 0 Å². The molecule has 0 bridgehead atoms. The van der Waals surface area contributed by atoms with Crippen LogP contribution in [0.15, 0.2) is 18.2 Å². The second kappa shape index (κ2) is 6.83. The second-order valence-corrected chi connectivity index (χ2v) is 6.88. The summed E-state index contributed by atoms with van der Waals surface area (Å²) in [6, 6.07) is 6.67. The number of para-hydroxylation sites is 1. The van der Waals surface area contributed by atoms with Crippen LogP contribution in [-0.4, -0.2) is 6.61 Å². The van der Waals surface area contributed by atoms with Gasteiger partial charge in [-0.05, 0) is 30.2 Å². The van der Waals surface area contributed by atoms with E-state index < -0.39 is 0 Å². The Balaban J connectivity index is 1.62. The minimum atomic E-state index is 0.158. The van der Waals surface area contributed by atoms with Gasteiger partial charge >= 0.3 is 0 Å². The van der Waals surface area contributed by atoms with Crippen molar-refractivity contribution in [2.24, 2.45) is 17.6 Å². The molecule has 0 amide bonds. The number of hydrogen-bond donors (Lipinski definition) is 1. The summed E-state index contributed by atoms with van der Waals surface area (Å²) >= 11 is 0. The molecule has 1 aromatic carbocycles. The maximum Gasteiger partial charge on any atom is 0.127 e. The molecule has 21 heavy (non-hydrogen) atoms. The summed E-state index contributed by atoms with van der Waals surface area (Å²) in [7, 11) is 0. The molecule has 1 saturated carbocycles. The molecular weight excluding hydrogens is 258 g/mol. The van der Waals surface area contributed by atoms with Crippen LogP contribution >= 0.6 is 0 Å². The Morgan fingerprint density at radius 3 is 2.81 bits per heavy atom. The normalized spacial score (nSPS) is 26.2. The van der Waals surface area contributed by atoms with Gasteiger partial charge < -0.3 is 10.5 Å². The highest BCUT2D eigenvalue weighted by atomic mass is 16.5. The molecule has 0 saturated heterocycles. The van der Waals surface area contributed by atoms with Gasteiger partial charge in [0, 0.05) is 18.0 Å². The summed E-state index contributed by atoms with van der Waals surface area (Å²) in [6.07, 6.45) is 10.5. The molecule has 1 atom stereocenters. The van der Waals surface area contributed by atoms with Gasteiger partial charge in [0.15, 0.2) is 0 Å². The third kappa shape index (κ3) is 3.26. The van der Waals surface area contributed by atoms with E-state index in [2.05, 4.69) is 25.1 Å².